The first-order valence-corrected chi connectivity index (χ1v) is 5.43. The van der Waals surface area contributed by atoms with Gasteiger partial charge in [-0.25, -0.2) is 0 Å². The average Bonchev–Trinajstić information content (AvgIpc) is 2.03. The summed E-state index contributed by atoms with van der Waals surface area (Å²) < 4.78 is 0. The van der Waals surface area contributed by atoms with E-state index in [0.717, 1.165) is 17.9 Å². The SMILES string of the molecule is CC(N)(CCCSCCO)C(N)=O. The second-order valence-electron chi connectivity index (χ2n) is 3.22. The third-order valence-corrected chi connectivity index (χ3v) is 2.83. The van der Waals surface area contributed by atoms with Crippen LogP contribution in [0.15, 0.2) is 0 Å². The quantitative estimate of drug-likeness (QED) is 0.499. The number of rotatable bonds is 7. The van der Waals surface area contributed by atoms with Gasteiger partial charge in [0.05, 0.1) is 12.1 Å². The molecule has 0 saturated carbocycles. The molecule has 0 aliphatic heterocycles. The zero-order valence-electron chi connectivity index (χ0n) is 7.95. The van der Waals surface area contributed by atoms with E-state index in [1.807, 2.05) is 0 Å². The van der Waals surface area contributed by atoms with E-state index in [9.17, 15) is 4.79 Å². The van der Waals surface area contributed by atoms with Crippen LogP contribution in [0.2, 0.25) is 0 Å². The van der Waals surface area contributed by atoms with Crippen LogP contribution in [-0.4, -0.2) is 34.7 Å². The van der Waals surface area contributed by atoms with Crippen LogP contribution in [0.5, 0.6) is 0 Å². The monoisotopic (exact) mass is 206 g/mol. The summed E-state index contributed by atoms with van der Waals surface area (Å²) in [7, 11) is 0. The van der Waals surface area contributed by atoms with E-state index in [-0.39, 0.29) is 6.61 Å². The van der Waals surface area contributed by atoms with Gasteiger partial charge in [-0.05, 0) is 25.5 Å². The summed E-state index contributed by atoms with van der Waals surface area (Å²) in [5, 5.41) is 8.49. The highest BCUT2D eigenvalue weighted by Gasteiger charge is 2.24. The predicted octanol–water partition coefficient (Wildman–Crippen LogP) is -0.305. The van der Waals surface area contributed by atoms with Crippen molar-refractivity contribution in [3.8, 4) is 0 Å². The number of thioether (sulfide) groups is 1. The molecule has 0 aliphatic rings. The fourth-order valence-electron chi connectivity index (χ4n) is 0.831. The van der Waals surface area contributed by atoms with Crippen LogP contribution in [0, 0.1) is 0 Å². The third-order valence-electron chi connectivity index (χ3n) is 1.78. The molecule has 1 atom stereocenters. The zero-order valence-corrected chi connectivity index (χ0v) is 8.77. The number of hydrogen-bond donors (Lipinski definition) is 3. The summed E-state index contributed by atoms with van der Waals surface area (Å²) >= 11 is 1.65. The Kier molecular flexibility index (Phi) is 6.11. The molecule has 0 radical (unpaired) electrons. The smallest absolute Gasteiger partial charge is 0.237 e. The molecular weight excluding hydrogens is 188 g/mol. The Morgan fingerprint density at radius 3 is 2.62 bits per heavy atom. The molecule has 0 aliphatic carbocycles. The van der Waals surface area contributed by atoms with Crippen LogP contribution in [0.25, 0.3) is 0 Å². The molecule has 0 aromatic carbocycles. The van der Waals surface area contributed by atoms with Gasteiger partial charge in [0.1, 0.15) is 0 Å². The molecule has 0 rings (SSSR count). The van der Waals surface area contributed by atoms with Gasteiger partial charge < -0.3 is 16.6 Å². The number of hydrogen-bond acceptors (Lipinski definition) is 4. The highest BCUT2D eigenvalue weighted by Crippen LogP contribution is 2.11. The standard InChI is InChI=1S/C8H18N2O2S/c1-8(10,7(9)12)3-2-5-13-6-4-11/h11H,2-6,10H2,1H3,(H2,9,12). The first-order chi connectivity index (χ1) is 6.00. The van der Waals surface area contributed by atoms with E-state index in [4.69, 9.17) is 16.6 Å². The van der Waals surface area contributed by atoms with E-state index in [0.29, 0.717) is 6.42 Å². The maximum absolute atomic E-state index is 10.8. The third kappa shape index (κ3) is 5.90. The first-order valence-electron chi connectivity index (χ1n) is 4.28. The average molecular weight is 206 g/mol. The van der Waals surface area contributed by atoms with E-state index < -0.39 is 11.4 Å². The second-order valence-corrected chi connectivity index (χ2v) is 4.45. The number of aliphatic hydroxyl groups is 1. The molecule has 4 nitrogen and oxygen atoms in total. The summed E-state index contributed by atoms with van der Waals surface area (Å²) in [6.45, 7) is 1.84. The normalized spacial score (nSPS) is 15.3. The highest BCUT2D eigenvalue weighted by molar-refractivity contribution is 7.99. The van der Waals surface area contributed by atoms with E-state index in [2.05, 4.69) is 0 Å². The van der Waals surface area contributed by atoms with Crippen LogP contribution in [0.1, 0.15) is 19.8 Å². The van der Waals surface area contributed by atoms with Crippen LogP contribution >= 0.6 is 11.8 Å². The molecule has 0 fully saturated rings. The summed E-state index contributed by atoms with van der Waals surface area (Å²) in [5.41, 5.74) is 9.85. The molecular formula is C8H18N2O2S. The molecule has 0 bridgehead atoms. The van der Waals surface area contributed by atoms with Crippen molar-refractivity contribution in [3.63, 3.8) is 0 Å². The topological polar surface area (TPSA) is 89.3 Å². The fourth-order valence-corrected chi connectivity index (χ4v) is 1.51. The number of carbonyl (C=O) groups is 1. The number of primary amides is 1. The van der Waals surface area contributed by atoms with Gasteiger partial charge in [0.15, 0.2) is 0 Å². The molecule has 0 heterocycles. The Hall–Kier alpha value is -0.260. The minimum Gasteiger partial charge on any atom is -0.396 e. The van der Waals surface area contributed by atoms with Gasteiger partial charge >= 0.3 is 0 Å². The number of amides is 1. The Morgan fingerprint density at radius 1 is 1.54 bits per heavy atom. The zero-order chi connectivity index (χ0) is 10.3. The summed E-state index contributed by atoms with van der Waals surface area (Å²) in [6.07, 6.45) is 1.45. The highest BCUT2D eigenvalue weighted by atomic mass is 32.2. The molecule has 1 unspecified atom stereocenters. The van der Waals surface area contributed by atoms with Gasteiger partial charge in [0.25, 0.3) is 0 Å². The minimum absolute atomic E-state index is 0.195. The van der Waals surface area contributed by atoms with Gasteiger partial charge in [-0.3, -0.25) is 4.79 Å². The fraction of sp³-hybridized carbons (Fsp3) is 0.875. The molecule has 5 heteroatoms. The lowest BCUT2D eigenvalue weighted by atomic mass is 9.97. The van der Waals surface area contributed by atoms with Gasteiger partial charge in [0, 0.05) is 5.75 Å². The second kappa shape index (κ2) is 6.23. The first kappa shape index (κ1) is 12.7. The van der Waals surface area contributed by atoms with E-state index in [1.165, 1.54) is 0 Å². The van der Waals surface area contributed by atoms with E-state index in [1.54, 1.807) is 18.7 Å². The maximum atomic E-state index is 10.8. The van der Waals surface area contributed by atoms with Crippen molar-refractivity contribution in [1.82, 2.24) is 0 Å². The Labute approximate surface area is 83.1 Å². The van der Waals surface area contributed by atoms with Gasteiger partial charge in [-0.15, -0.1) is 0 Å². The van der Waals surface area contributed by atoms with Crippen molar-refractivity contribution < 1.29 is 9.90 Å². The Balaban J connectivity index is 3.46. The lowest BCUT2D eigenvalue weighted by molar-refractivity contribution is -0.122. The Morgan fingerprint density at radius 2 is 2.15 bits per heavy atom. The summed E-state index contributed by atoms with van der Waals surface area (Å²) in [4.78, 5) is 10.8. The predicted molar refractivity (Wildman–Crippen MR) is 55.4 cm³/mol. The van der Waals surface area contributed by atoms with Gasteiger partial charge in [0.2, 0.25) is 5.91 Å². The lowest BCUT2D eigenvalue weighted by Crippen LogP contribution is -2.49. The van der Waals surface area contributed by atoms with Crippen LogP contribution in [-0.2, 0) is 4.79 Å². The molecule has 0 aromatic heterocycles. The van der Waals surface area contributed by atoms with Crippen LogP contribution in [0.4, 0.5) is 0 Å². The molecule has 0 aromatic rings. The molecule has 0 spiro atoms. The van der Waals surface area contributed by atoms with Crippen molar-refractivity contribution in [2.75, 3.05) is 18.1 Å². The van der Waals surface area contributed by atoms with Crippen molar-refractivity contribution in [2.24, 2.45) is 11.5 Å². The van der Waals surface area contributed by atoms with Gasteiger partial charge in [-0.1, -0.05) is 0 Å². The number of carbonyl (C=O) groups excluding carboxylic acids is 1. The van der Waals surface area contributed by atoms with Crippen molar-refractivity contribution in [3.05, 3.63) is 0 Å². The van der Waals surface area contributed by atoms with Crippen molar-refractivity contribution in [1.29, 1.82) is 0 Å². The minimum atomic E-state index is -0.889. The molecule has 78 valence electrons. The molecule has 5 N–H and O–H groups in total. The Bertz CT molecular complexity index is 162. The van der Waals surface area contributed by atoms with Crippen molar-refractivity contribution >= 4 is 17.7 Å². The number of nitrogens with two attached hydrogens (primary N) is 2. The van der Waals surface area contributed by atoms with Crippen LogP contribution < -0.4 is 11.5 Å². The van der Waals surface area contributed by atoms with Crippen LogP contribution in [0.3, 0.4) is 0 Å². The van der Waals surface area contributed by atoms with Crippen molar-refractivity contribution in [2.45, 2.75) is 25.3 Å². The number of aliphatic hydroxyl groups excluding tert-OH is 1. The van der Waals surface area contributed by atoms with Gasteiger partial charge in [-0.2, -0.15) is 11.8 Å². The molecule has 13 heavy (non-hydrogen) atoms. The largest absolute Gasteiger partial charge is 0.396 e. The summed E-state index contributed by atoms with van der Waals surface area (Å²) in [5.74, 6) is 1.18. The maximum Gasteiger partial charge on any atom is 0.237 e. The molecule has 0 saturated heterocycles. The van der Waals surface area contributed by atoms with E-state index >= 15 is 0 Å². The summed E-state index contributed by atoms with van der Waals surface area (Å²) in [6, 6.07) is 0. The molecule has 1 amide bonds. The lowest BCUT2D eigenvalue weighted by Gasteiger charge is -2.19.